The first-order valence-electron chi connectivity index (χ1n) is 13.0. The van der Waals surface area contributed by atoms with Crippen LogP contribution in [0.15, 0.2) is 88.7 Å². The molecule has 3 nitrogen and oxygen atoms in total. The monoisotopic (exact) mass is 694 g/mol. The fourth-order valence-electron chi connectivity index (χ4n) is 5.04. The zero-order valence-electron chi connectivity index (χ0n) is 22.4. The van der Waals surface area contributed by atoms with Gasteiger partial charge in [0, 0.05) is 0 Å². The second-order valence-electron chi connectivity index (χ2n) is 9.88. The number of halogens is 2. The van der Waals surface area contributed by atoms with Crippen LogP contribution in [0.4, 0.5) is 11.4 Å². The van der Waals surface area contributed by atoms with Gasteiger partial charge in [0.05, 0.1) is 0 Å². The number of hydrogen-bond acceptors (Lipinski definition) is 5. The Morgan fingerprint density at radius 1 is 0.900 bits per heavy atom. The van der Waals surface area contributed by atoms with E-state index in [1.165, 1.54) is 22.4 Å². The van der Waals surface area contributed by atoms with Crippen molar-refractivity contribution in [2.75, 3.05) is 22.9 Å². The van der Waals surface area contributed by atoms with E-state index in [1.807, 2.05) is 28.9 Å². The molecule has 1 fully saturated rings. The van der Waals surface area contributed by atoms with Crippen LogP contribution in [0.1, 0.15) is 22.3 Å². The van der Waals surface area contributed by atoms with E-state index in [2.05, 4.69) is 97.0 Å². The number of aryl methyl sites for hydroxylation is 3. The standard InChI is InChI=1S/C32H30Cl2N2OS2.Ru/c1-20-9-12-24(13-10-20)35-17-18-36(27-16-11-21(2)19-23(27)4)31(35)32(37-28-8-6-5-7-22(28)3)39-30-26(34)15-14-25(33)29(30)38;/h3,5-16,19,31-32,38H,17-18H2,1-2,4H3;/q;+1/t31-,32+;/m0./s1. The maximum absolute atomic E-state index is 6.97. The predicted molar refractivity (Wildman–Crippen MR) is 171 cm³/mol. The average molecular weight is 695 g/mol. The average Bonchev–Trinajstić information content (AvgIpc) is 3.38. The second kappa shape index (κ2) is 12.9. The van der Waals surface area contributed by atoms with E-state index in [1.54, 1.807) is 17.8 Å². The molecular formula is C32H30Cl2N2ORuS2+. The molecule has 207 valence electrons. The molecule has 0 saturated carbocycles. The summed E-state index contributed by atoms with van der Waals surface area (Å²) in [6.45, 7) is 8.11. The fourth-order valence-corrected chi connectivity index (χ4v) is 7.58. The van der Waals surface area contributed by atoms with Gasteiger partial charge in [0.1, 0.15) is 0 Å². The fraction of sp³-hybridized carbons (Fsp3) is 0.219. The molecule has 0 N–H and O–H groups in total. The van der Waals surface area contributed by atoms with Gasteiger partial charge in [-0.15, -0.1) is 0 Å². The molecule has 0 spiro atoms. The molecule has 1 heterocycles. The zero-order valence-corrected chi connectivity index (χ0v) is 27.4. The van der Waals surface area contributed by atoms with E-state index in [4.69, 9.17) is 40.6 Å². The quantitative estimate of drug-likeness (QED) is 0.0859. The van der Waals surface area contributed by atoms with Gasteiger partial charge in [-0.05, 0) is 0 Å². The van der Waals surface area contributed by atoms with Crippen molar-refractivity contribution in [2.24, 2.45) is 0 Å². The number of ether oxygens (including phenoxy) is 1. The molecular weight excluding hydrogens is 664 g/mol. The van der Waals surface area contributed by atoms with Crippen molar-refractivity contribution >= 4 is 63.6 Å². The van der Waals surface area contributed by atoms with Gasteiger partial charge in [-0.3, -0.25) is 0 Å². The number of thiol groups is 1. The van der Waals surface area contributed by atoms with Gasteiger partial charge in [0.15, 0.2) is 0 Å². The van der Waals surface area contributed by atoms with E-state index in [0.29, 0.717) is 14.9 Å². The Kier molecular flexibility index (Phi) is 9.54. The first-order valence-corrected chi connectivity index (χ1v) is 16.0. The molecule has 1 saturated heterocycles. The van der Waals surface area contributed by atoms with Gasteiger partial charge >= 0.3 is 268 Å². The van der Waals surface area contributed by atoms with Crippen molar-refractivity contribution in [1.29, 1.82) is 0 Å². The summed E-state index contributed by atoms with van der Waals surface area (Å²) in [4.78, 5) is 6.34. The molecule has 4 aromatic rings. The molecule has 0 radical (unpaired) electrons. The Balaban J connectivity index is 1.67. The van der Waals surface area contributed by atoms with Crippen molar-refractivity contribution in [3.8, 4) is 5.75 Å². The van der Waals surface area contributed by atoms with Crippen LogP contribution >= 0.6 is 47.6 Å². The molecule has 1 aliphatic rings. The Bertz CT molecular complexity index is 1530. The van der Waals surface area contributed by atoms with Crippen molar-refractivity contribution in [3.05, 3.63) is 111 Å². The number of anilines is 2. The Hall–Kier alpha value is -1.95. The van der Waals surface area contributed by atoms with Crippen LogP contribution in [0, 0.1) is 20.8 Å². The second-order valence-corrected chi connectivity index (χ2v) is 12.7. The molecule has 4 aromatic carbocycles. The van der Waals surface area contributed by atoms with E-state index >= 15 is 0 Å². The summed E-state index contributed by atoms with van der Waals surface area (Å²) in [5.74, 6) is 0.800. The number of rotatable bonds is 8. The normalized spacial score (nSPS) is 15.8. The van der Waals surface area contributed by atoms with Crippen LogP contribution in [0.5, 0.6) is 5.75 Å². The predicted octanol–water partition coefficient (Wildman–Crippen LogP) is 8.75. The van der Waals surface area contributed by atoms with E-state index < -0.39 is 0 Å². The van der Waals surface area contributed by atoms with Crippen LogP contribution in [-0.2, 0) is 17.9 Å². The van der Waals surface area contributed by atoms with Crippen LogP contribution in [-0.4, -0.2) is 29.3 Å². The van der Waals surface area contributed by atoms with E-state index in [0.717, 1.165) is 35.0 Å². The van der Waals surface area contributed by atoms with Gasteiger partial charge in [-0.2, -0.15) is 0 Å². The Morgan fingerprint density at radius 2 is 1.57 bits per heavy atom. The summed E-state index contributed by atoms with van der Waals surface area (Å²) in [7, 11) is 0. The summed E-state index contributed by atoms with van der Waals surface area (Å²) < 4.78 is 8.97. The number of para-hydroxylation sites is 1. The van der Waals surface area contributed by atoms with Crippen molar-refractivity contribution in [3.63, 3.8) is 0 Å². The first-order chi connectivity index (χ1) is 19.3. The molecule has 0 bridgehead atoms. The topological polar surface area (TPSA) is 15.7 Å². The van der Waals surface area contributed by atoms with E-state index in [9.17, 15) is 0 Å². The molecule has 0 amide bonds. The Labute approximate surface area is 266 Å². The summed E-state index contributed by atoms with van der Waals surface area (Å²) >= 11 is 22.2. The van der Waals surface area contributed by atoms with Gasteiger partial charge in [0.2, 0.25) is 0 Å². The third-order valence-corrected chi connectivity index (χ3v) is 10.3. The molecule has 0 unspecified atom stereocenters. The summed E-state index contributed by atoms with van der Waals surface area (Å²) in [5, 5.41) is 1.15. The Morgan fingerprint density at radius 3 is 2.30 bits per heavy atom. The molecule has 8 heteroatoms. The first kappa shape index (κ1) is 29.5. The molecule has 5 rings (SSSR count). The SMILES string of the molecule is Cc1ccc(N2CCN(c3ccc(C)cc3C)[C@H]2[C@H](Oc2ccccc2[CH]=[Ru+])Sc2c(Cl)ccc(Cl)c2S)cc1. The third-order valence-electron chi connectivity index (χ3n) is 7.03. The molecule has 0 aromatic heterocycles. The molecule has 1 aliphatic heterocycles. The van der Waals surface area contributed by atoms with Crippen molar-refractivity contribution in [1.82, 2.24) is 0 Å². The van der Waals surface area contributed by atoms with Crippen LogP contribution in [0.3, 0.4) is 0 Å². The van der Waals surface area contributed by atoms with Gasteiger partial charge in [-0.25, -0.2) is 0 Å². The zero-order chi connectivity index (χ0) is 28.4. The summed E-state index contributed by atoms with van der Waals surface area (Å²) in [5.41, 5.74) is 6.65. The van der Waals surface area contributed by atoms with Crippen LogP contribution in [0.2, 0.25) is 10.0 Å². The number of benzene rings is 4. The van der Waals surface area contributed by atoms with Crippen molar-refractivity contribution < 1.29 is 22.6 Å². The van der Waals surface area contributed by atoms with Crippen LogP contribution in [0.25, 0.3) is 0 Å². The summed E-state index contributed by atoms with van der Waals surface area (Å²) in [6, 6.07) is 27.0. The molecule has 40 heavy (non-hydrogen) atoms. The number of nitrogens with zero attached hydrogens (tertiary/aromatic N) is 2. The minimum absolute atomic E-state index is 0.157. The third kappa shape index (κ3) is 6.27. The summed E-state index contributed by atoms with van der Waals surface area (Å²) in [6.07, 6.45) is -0.157. The van der Waals surface area contributed by atoms with Gasteiger partial charge < -0.3 is 0 Å². The van der Waals surface area contributed by atoms with Gasteiger partial charge in [0.25, 0.3) is 0 Å². The van der Waals surface area contributed by atoms with Crippen LogP contribution < -0.4 is 14.5 Å². The maximum atomic E-state index is 6.97. The van der Waals surface area contributed by atoms with Gasteiger partial charge in [-0.1, -0.05) is 0 Å². The molecule has 2 atom stereocenters. The molecule has 0 aliphatic carbocycles. The van der Waals surface area contributed by atoms with Crippen molar-refractivity contribution in [2.45, 2.75) is 42.2 Å². The number of thioether (sulfide) groups is 1. The number of hydrogen-bond donors (Lipinski definition) is 1. The minimum atomic E-state index is -0.390. The van der Waals surface area contributed by atoms with E-state index in [-0.39, 0.29) is 11.6 Å².